The summed E-state index contributed by atoms with van der Waals surface area (Å²) in [6.07, 6.45) is 1.79. The molecule has 3 heterocycles. The Morgan fingerprint density at radius 2 is 1.88 bits per heavy atom. The highest BCUT2D eigenvalue weighted by Gasteiger charge is 2.34. The Balaban J connectivity index is 1.40. The van der Waals surface area contributed by atoms with Crippen LogP contribution in [0.1, 0.15) is 36.6 Å². The van der Waals surface area contributed by atoms with E-state index in [0.29, 0.717) is 55.8 Å². The molecule has 6 rings (SSSR count). The van der Waals surface area contributed by atoms with E-state index < -0.39 is 12.0 Å². The predicted octanol–water partition coefficient (Wildman–Crippen LogP) is 4.11. The Morgan fingerprint density at radius 3 is 2.67 bits per heavy atom. The van der Waals surface area contributed by atoms with Crippen LogP contribution < -0.4 is 33.8 Å². The Kier molecular flexibility index (Phi) is 7.54. The molecule has 0 saturated carbocycles. The van der Waals surface area contributed by atoms with Crippen LogP contribution in [0, 0.1) is 0 Å². The lowest BCUT2D eigenvalue weighted by Crippen LogP contribution is -2.39. The van der Waals surface area contributed by atoms with Crippen LogP contribution in [-0.2, 0) is 16.1 Å². The standard InChI is InChI=1S/C32H28N2O7S/c1-4-38-31(36)28-19(2)33-32-34(29(28)22-11-13-24-26(16-22)41-18-40-24)30(35)27(42-32)15-21-10-12-23(25(14-21)37-3)39-17-20-8-6-5-7-9-20/h5-16,29H,4,17-18H2,1-3H3/b27-15-. The van der Waals surface area contributed by atoms with E-state index in [1.165, 1.54) is 11.3 Å². The van der Waals surface area contributed by atoms with Gasteiger partial charge in [0.15, 0.2) is 27.8 Å². The molecule has 42 heavy (non-hydrogen) atoms. The molecule has 0 N–H and O–H groups in total. The summed E-state index contributed by atoms with van der Waals surface area (Å²) < 4.78 is 30.0. The maximum atomic E-state index is 13.9. The van der Waals surface area contributed by atoms with E-state index in [4.69, 9.17) is 23.7 Å². The molecule has 9 nitrogen and oxygen atoms in total. The molecule has 0 saturated heterocycles. The Hall–Kier alpha value is -4.83. The summed E-state index contributed by atoms with van der Waals surface area (Å²) in [7, 11) is 1.58. The first-order chi connectivity index (χ1) is 20.5. The molecule has 0 spiro atoms. The molecule has 3 aromatic carbocycles. The van der Waals surface area contributed by atoms with Gasteiger partial charge in [-0.05, 0) is 60.9 Å². The fourth-order valence-corrected chi connectivity index (χ4v) is 6.02. The molecule has 0 aliphatic carbocycles. The smallest absolute Gasteiger partial charge is 0.338 e. The zero-order valence-electron chi connectivity index (χ0n) is 23.3. The van der Waals surface area contributed by atoms with Crippen LogP contribution in [0.25, 0.3) is 6.08 Å². The van der Waals surface area contributed by atoms with Crippen LogP contribution in [0.5, 0.6) is 23.0 Å². The van der Waals surface area contributed by atoms with Crippen molar-refractivity contribution in [3.8, 4) is 23.0 Å². The number of thiazole rings is 1. The third-order valence-electron chi connectivity index (χ3n) is 6.95. The van der Waals surface area contributed by atoms with Gasteiger partial charge in [0.05, 0.1) is 35.6 Å². The van der Waals surface area contributed by atoms with Crippen molar-refractivity contribution < 1.29 is 28.5 Å². The first kappa shape index (κ1) is 27.3. The molecule has 1 aromatic heterocycles. The largest absolute Gasteiger partial charge is 0.493 e. The number of allylic oxidation sites excluding steroid dienone is 1. The number of hydrogen-bond donors (Lipinski definition) is 0. The van der Waals surface area contributed by atoms with Crippen LogP contribution in [0.4, 0.5) is 0 Å². The maximum absolute atomic E-state index is 13.9. The van der Waals surface area contributed by atoms with Gasteiger partial charge in [-0.1, -0.05) is 53.8 Å². The molecule has 0 radical (unpaired) electrons. The number of rotatable bonds is 8. The van der Waals surface area contributed by atoms with Crippen LogP contribution in [0.3, 0.4) is 0 Å². The minimum absolute atomic E-state index is 0.112. The van der Waals surface area contributed by atoms with E-state index >= 15 is 0 Å². The second-order valence-corrected chi connectivity index (χ2v) is 10.6. The second kappa shape index (κ2) is 11.6. The first-order valence-electron chi connectivity index (χ1n) is 13.4. The number of benzene rings is 3. The number of fused-ring (bicyclic) bond motifs is 2. The van der Waals surface area contributed by atoms with E-state index in [9.17, 15) is 9.59 Å². The highest BCUT2D eigenvalue weighted by atomic mass is 32.1. The first-order valence-corrected chi connectivity index (χ1v) is 14.2. The maximum Gasteiger partial charge on any atom is 0.338 e. The average molecular weight is 585 g/mol. The van der Waals surface area contributed by atoms with Gasteiger partial charge in [0.25, 0.3) is 5.56 Å². The summed E-state index contributed by atoms with van der Waals surface area (Å²) in [5, 5.41) is 0. The minimum Gasteiger partial charge on any atom is -0.493 e. The summed E-state index contributed by atoms with van der Waals surface area (Å²) in [6, 6.07) is 20.0. The van der Waals surface area contributed by atoms with Gasteiger partial charge in [-0.3, -0.25) is 9.36 Å². The van der Waals surface area contributed by atoms with E-state index in [2.05, 4.69) is 4.99 Å². The van der Waals surface area contributed by atoms with E-state index in [-0.39, 0.29) is 19.0 Å². The van der Waals surface area contributed by atoms with Crippen molar-refractivity contribution in [1.29, 1.82) is 0 Å². The van der Waals surface area contributed by atoms with Crippen molar-refractivity contribution in [3.63, 3.8) is 0 Å². The third kappa shape index (κ3) is 5.16. The number of aromatic nitrogens is 1. The number of ether oxygens (including phenoxy) is 5. The third-order valence-corrected chi connectivity index (χ3v) is 7.93. The number of hydrogen-bond acceptors (Lipinski definition) is 9. The molecule has 2 aliphatic rings. The van der Waals surface area contributed by atoms with Crippen LogP contribution in [0.2, 0.25) is 0 Å². The van der Waals surface area contributed by atoms with Crippen LogP contribution in [-0.4, -0.2) is 31.0 Å². The van der Waals surface area contributed by atoms with Crippen molar-refractivity contribution in [2.75, 3.05) is 20.5 Å². The molecule has 0 fully saturated rings. The lowest BCUT2D eigenvalue weighted by atomic mass is 9.95. The summed E-state index contributed by atoms with van der Waals surface area (Å²) in [6.45, 7) is 4.20. The zero-order valence-corrected chi connectivity index (χ0v) is 24.1. The Morgan fingerprint density at radius 1 is 1.07 bits per heavy atom. The van der Waals surface area contributed by atoms with Gasteiger partial charge in [-0.2, -0.15) is 0 Å². The number of methoxy groups -OCH3 is 1. The van der Waals surface area contributed by atoms with E-state index in [0.717, 1.165) is 11.1 Å². The molecule has 0 bridgehead atoms. The topological polar surface area (TPSA) is 97.6 Å². The van der Waals surface area contributed by atoms with Crippen LogP contribution >= 0.6 is 11.3 Å². The molecule has 2 aliphatic heterocycles. The van der Waals surface area contributed by atoms with Gasteiger partial charge in [-0.25, -0.2) is 9.79 Å². The number of esters is 1. The lowest BCUT2D eigenvalue weighted by molar-refractivity contribution is -0.139. The molecule has 10 heteroatoms. The van der Waals surface area contributed by atoms with E-state index in [1.54, 1.807) is 43.7 Å². The number of nitrogens with zero attached hydrogens (tertiary/aromatic N) is 2. The van der Waals surface area contributed by atoms with Crippen molar-refractivity contribution >= 4 is 23.4 Å². The quantitative estimate of drug-likeness (QED) is 0.288. The van der Waals surface area contributed by atoms with Gasteiger partial charge in [0.2, 0.25) is 6.79 Å². The summed E-state index contributed by atoms with van der Waals surface area (Å²) >= 11 is 1.25. The van der Waals surface area contributed by atoms with E-state index in [1.807, 2.05) is 54.6 Å². The minimum atomic E-state index is -0.750. The highest BCUT2D eigenvalue weighted by molar-refractivity contribution is 7.07. The predicted molar refractivity (Wildman–Crippen MR) is 157 cm³/mol. The molecule has 214 valence electrons. The Bertz CT molecular complexity index is 1870. The van der Waals surface area contributed by atoms with Crippen LogP contribution in [0.15, 0.2) is 87.8 Å². The summed E-state index contributed by atoms with van der Waals surface area (Å²) in [5.41, 5.74) is 3.00. The van der Waals surface area contributed by atoms with Crippen molar-refractivity contribution in [3.05, 3.63) is 114 Å². The number of carbonyl (C=O) groups is 1. The zero-order chi connectivity index (χ0) is 29.2. The van der Waals surface area contributed by atoms with Gasteiger partial charge in [0.1, 0.15) is 6.61 Å². The normalized spacial score (nSPS) is 15.7. The second-order valence-electron chi connectivity index (χ2n) is 9.60. The van der Waals surface area contributed by atoms with Gasteiger partial charge in [0, 0.05) is 0 Å². The fourth-order valence-electron chi connectivity index (χ4n) is 4.97. The average Bonchev–Trinajstić information content (AvgIpc) is 3.59. The monoisotopic (exact) mass is 584 g/mol. The molecular weight excluding hydrogens is 556 g/mol. The number of carbonyl (C=O) groups excluding carboxylic acids is 1. The van der Waals surface area contributed by atoms with Gasteiger partial charge in [-0.15, -0.1) is 0 Å². The molecule has 1 unspecified atom stereocenters. The molecular formula is C32H28N2O7S. The molecule has 4 aromatic rings. The van der Waals surface area contributed by atoms with Crippen molar-refractivity contribution in [1.82, 2.24) is 4.57 Å². The summed E-state index contributed by atoms with van der Waals surface area (Å²) in [5.74, 6) is 1.78. The molecule has 1 atom stereocenters. The molecule has 0 amide bonds. The highest BCUT2D eigenvalue weighted by Crippen LogP contribution is 2.38. The Labute approximate surface area is 245 Å². The SMILES string of the molecule is CCOC(=O)C1=C(C)N=c2s/c(=C\c3ccc(OCc4ccccc4)c(OC)c3)c(=O)n2C1c1ccc2c(c1)OCO2. The lowest BCUT2D eigenvalue weighted by Gasteiger charge is -2.24. The van der Waals surface area contributed by atoms with Gasteiger partial charge >= 0.3 is 5.97 Å². The van der Waals surface area contributed by atoms with Crippen molar-refractivity contribution in [2.45, 2.75) is 26.5 Å². The van der Waals surface area contributed by atoms with Gasteiger partial charge < -0.3 is 23.7 Å². The summed E-state index contributed by atoms with van der Waals surface area (Å²) in [4.78, 5) is 32.2. The fraction of sp³-hybridized carbons (Fsp3) is 0.219. The van der Waals surface area contributed by atoms with Crippen molar-refractivity contribution in [2.24, 2.45) is 4.99 Å².